The summed E-state index contributed by atoms with van der Waals surface area (Å²) in [6.07, 6.45) is 2.05. The van der Waals surface area contributed by atoms with E-state index in [1.54, 1.807) is 25.0 Å². The van der Waals surface area contributed by atoms with Crippen LogP contribution < -0.4 is 11.4 Å². The number of anilines is 1. The minimum atomic E-state index is -0.666. The summed E-state index contributed by atoms with van der Waals surface area (Å²) in [7, 11) is 1.64. The summed E-state index contributed by atoms with van der Waals surface area (Å²) in [4.78, 5) is 69.1. The zero-order valence-corrected chi connectivity index (χ0v) is 40.4. The van der Waals surface area contributed by atoms with Crippen LogP contribution in [0.1, 0.15) is 61.6 Å². The number of unbranched alkanes of at least 4 members (excludes halogenated alkanes) is 2. The number of nitrogens with two attached hydrogens (primary N) is 1. The number of hydroxylamine groups is 2. The lowest BCUT2D eigenvalue weighted by molar-refractivity contribution is -0.197. The van der Waals surface area contributed by atoms with Crippen LogP contribution in [0.15, 0.2) is 21.3 Å². The number of nitrogen functional groups attached to an aromatic ring is 1. The van der Waals surface area contributed by atoms with Gasteiger partial charge in [0.15, 0.2) is 0 Å². The fourth-order valence-electron chi connectivity index (χ4n) is 6.52. The van der Waals surface area contributed by atoms with E-state index in [2.05, 4.69) is 0 Å². The van der Waals surface area contributed by atoms with Gasteiger partial charge >= 0.3 is 11.6 Å². The SMILES string of the molecule is COCCOCCOCCOCCOCCOCCOCCOCCOCCOCCOCCCN(CCCCCC(=O)ON1C(=O)CCC1=O)C(=O)Cc1c(C)c2cc(C)c(N)cc2oc1=O. The van der Waals surface area contributed by atoms with Gasteiger partial charge in [0, 0.05) is 63.2 Å². The minimum Gasteiger partial charge on any atom is -0.422 e. The Bertz CT molecular complexity index is 1780. The number of imide groups is 1. The molecule has 2 aromatic rings. The molecule has 68 heavy (non-hydrogen) atoms. The Balaban J connectivity index is 1.17. The third-order valence-corrected chi connectivity index (χ3v) is 10.4. The standard InChI is InChI=1S/C47H75N3O18/c1-37-34-39-38(2)40(47(55)67-42(39)36-41(37)48)35-45(53)49(11-6-4-5-8-46(54)68-50-43(51)9-10-44(50)52)12-7-13-57-16-17-59-20-21-61-24-25-63-28-29-65-32-33-66-31-30-64-27-26-62-23-22-60-19-18-58-15-14-56-3/h34,36H,4-33,35,48H2,1-3H3. The van der Waals surface area contributed by atoms with Crippen molar-refractivity contribution in [3.8, 4) is 0 Å². The van der Waals surface area contributed by atoms with Crippen LogP contribution in [-0.2, 0) is 82.5 Å². The second kappa shape index (κ2) is 36.8. The molecular weight excluding hydrogens is 895 g/mol. The van der Waals surface area contributed by atoms with Crippen LogP contribution in [0.3, 0.4) is 0 Å². The Hall–Kier alpha value is -4.13. The van der Waals surface area contributed by atoms with Gasteiger partial charge in [0.1, 0.15) is 5.58 Å². The summed E-state index contributed by atoms with van der Waals surface area (Å²) in [5.74, 6) is -1.97. The molecule has 3 amide bonds. The second-order valence-corrected chi connectivity index (χ2v) is 15.6. The van der Waals surface area contributed by atoms with E-state index in [0.29, 0.717) is 199 Å². The molecule has 1 saturated heterocycles. The van der Waals surface area contributed by atoms with Crippen LogP contribution in [0.2, 0.25) is 0 Å². The quantitative estimate of drug-likeness (QED) is 0.0435. The topological polar surface area (TPSA) is 242 Å². The van der Waals surface area contributed by atoms with Gasteiger partial charge in [-0.3, -0.25) is 14.4 Å². The van der Waals surface area contributed by atoms with E-state index < -0.39 is 23.4 Å². The molecule has 2 N–H and O–H groups in total. The first-order valence-electron chi connectivity index (χ1n) is 23.6. The monoisotopic (exact) mass is 970 g/mol. The van der Waals surface area contributed by atoms with E-state index >= 15 is 0 Å². The average Bonchev–Trinajstić information content (AvgIpc) is 3.63. The lowest BCUT2D eigenvalue weighted by Gasteiger charge is -2.23. The molecule has 0 radical (unpaired) electrons. The van der Waals surface area contributed by atoms with Gasteiger partial charge in [-0.15, -0.1) is 5.06 Å². The van der Waals surface area contributed by atoms with Crippen molar-refractivity contribution in [2.45, 2.75) is 65.2 Å². The van der Waals surface area contributed by atoms with Crippen molar-refractivity contribution >= 4 is 40.3 Å². The molecule has 386 valence electrons. The van der Waals surface area contributed by atoms with Crippen molar-refractivity contribution in [3.05, 3.63) is 39.2 Å². The molecule has 2 heterocycles. The van der Waals surface area contributed by atoms with Crippen molar-refractivity contribution in [2.75, 3.05) is 165 Å². The predicted molar refractivity (Wildman–Crippen MR) is 247 cm³/mol. The van der Waals surface area contributed by atoms with Crippen LogP contribution in [-0.4, -0.2) is 193 Å². The van der Waals surface area contributed by atoms with Crippen molar-refractivity contribution in [2.24, 2.45) is 0 Å². The molecule has 3 rings (SSSR count). The fourth-order valence-corrected chi connectivity index (χ4v) is 6.52. The van der Waals surface area contributed by atoms with E-state index in [1.165, 1.54) is 0 Å². The van der Waals surface area contributed by atoms with Gasteiger partial charge in [-0.2, -0.15) is 0 Å². The molecule has 1 aromatic heterocycles. The Morgan fingerprint density at radius 2 is 1.01 bits per heavy atom. The number of nitrogens with zero attached hydrogens (tertiary/aromatic N) is 2. The number of methoxy groups -OCH3 is 1. The fraction of sp³-hybridized carbons (Fsp3) is 0.723. The maximum Gasteiger partial charge on any atom is 0.340 e. The Labute approximate surface area is 399 Å². The highest BCUT2D eigenvalue weighted by Gasteiger charge is 2.32. The van der Waals surface area contributed by atoms with Crippen LogP contribution in [0.4, 0.5) is 5.69 Å². The molecule has 0 bridgehead atoms. The average molecular weight is 970 g/mol. The van der Waals surface area contributed by atoms with Crippen molar-refractivity contribution in [3.63, 3.8) is 0 Å². The molecule has 0 saturated carbocycles. The van der Waals surface area contributed by atoms with Crippen molar-refractivity contribution < 1.29 is 80.5 Å². The molecule has 21 nitrogen and oxygen atoms in total. The smallest absolute Gasteiger partial charge is 0.340 e. The normalized spacial score (nSPS) is 12.8. The van der Waals surface area contributed by atoms with Gasteiger partial charge in [0.2, 0.25) is 5.91 Å². The van der Waals surface area contributed by atoms with Crippen molar-refractivity contribution in [1.82, 2.24) is 9.96 Å². The van der Waals surface area contributed by atoms with Crippen LogP contribution in [0, 0.1) is 13.8 Å². The van der Waals surface area contributed by atoms with E-state index in [-0.39, 0.29) is 37.2 Å². The number of fused-ring (bicyclic) bond motifs is 1. The Kier molecular flexibility index (Phi) is 31.5. The number of benzene rings is 1. The Morgan fingerprint density at radius 1 is 0.588 bits per heavy atom. The number of hydrogen-bond donors (Lipinski definition) is 1. The van der Waals surface area contributed by atoms with Gasteiger partial charge in [-0.25, -0.2) is 9.59 Å². The lowest BCUT2D eigenvalue weighted by atomic mass is 10.0. The third-order valence-electron chi connectivity index (χ3n) is 10.4. The highest BCUT2D eigenvalue weighted by atomic mass is 16.7. The van der Waals surface area contributed by atoms with Crippen LogP contribution in [0.5, 0.6) is 0 Å². The molecule has 1 aliphatic heterocycles. The first-order valence-corrected chi connectivity index (χ1v) is 23.6. The Morgan fingerprint density at radius 3 is 1.47 bits per heavy atom. The first kappa shape index (κ1) is 58.2. The molecular formula is C47H75N3O18. The molecule has 21 heteroatoms. The van der Waals surface area contributed by atoms with E-state index in [4.69, 9.17) is 67.1 Å². The second-order valence-electron chi connectivity index (χ2n) is 15.6. The summed E-state index contributed by atoms with van der Waals surface area (Å²) in [5, 5.41) is 1.25. The van der Waals surface area contributed by atoms with E-state index in [9.17, 15) is 24.0 Å². The molecule has 0 unspecified atom stereocenters. The minimum absolute atomic E-state index is 0.0138. The summed E-state index contributed by atoms with van der Waals surface area (Å²) in [5.41, 5.74) is 8.09. The summed E-state index contributed by atoms with van der Waals surface area (Å²) in [6.45, 7) is 14.2. The van der Waals surface area contributed by atoms with Gasteiger partial charge in [0.25, 0.3) is 11.8 Å². The predicted octanol–water partition coefficient (Wildman–Crippen LogP) is 2.73. The zero-order valence-electron chi connectivity index (χ0n) is 40.4. The highest BCUT2D eigenvalue weighted by Crippen LogP contribution is 2.25. The molecule has 0 spiro atoms. The maximum atomic E-state index is 13.7. The number of carbonyl (C=O) groups excluding carboxylic acids is 4. The zero-order chi connectivity index (χ0) is 49.0. The molecule has 0 atom stereocenters. The van der Waals surface area contributed by atoms with Gasteiger partial charge in [-0.05, 0) is 50.3 Å². The molecule has 1 fully saturated rings. The number of ether oxygens (including phenoxy) is 11. The van der Waals surface area contributed by atoms with E-state index in [0.717, 1.165) is 10.9 Å². The summed E-state index contributed by atoms with van der Waals surface area (Å²) >= 11 is 0. The highest BCUT2D eigenvalue weighted by molar-refractivity contribution is 6.01. The molecule has 1 aromatic carbocycles. The number of amides is 3. The number of aryl methyl sites for hydroxylation is 2. The summed E-state index contributed by atoms with van der Waals surface area (Å²) < 4.78 is 65.6. The van der Waals surface area contributed by atoms with E-state index in [1.807, 2.05) is 13.0 Å². The summed E-state index contributed by atoms with van der Waals surface area (Å²) in [6, 6.07) is 3.47. The van der Waals surface area contributed by atoms with Gasteiger partial charge < -0.3 is 72.0 Å². The lowest BCUT2D eigenvalue weighted by Crippen LogP contribution is -2.36. The third kappa shape index (κ3) is 24.9. The van der Waals surface area contributed by atoms with Gasteiger partial charge in [0.05, 0.1) is 144 Å². The first-order chi connectivity index (χ1) is 33.1. The largest absolute Gasteiger partial charge is 0.422 e. The molecule has 0 aliphatic carbocycles. The van der Waals surface area contributed by atoms with Crippen molar-refractivity contribution in [1.29, 1.82) is 0 Å². The number of rotatable bonds is 43. The van der Waals surface area contributed by atoms with Crippen LogP contribution >= 0.6 is 0 Å². The number of hydrogen-bond acceptors (Lipinski definition) is 19. The maximum absolute atomic E-state index is 13.7. The van der Waals surface area contributed by atoms with Gasteiger partial charge in [-0.1, -0.05) is 6.42 Å². The van der Waals surface area contributed by atoms with Crippen LogP contribution in [0.25, 0.3) is 11.0 Å². The number of carbonyl (C=O) groups is 4. The molecule has 1 aliphatic rings.